The predicted molar refractivity (Wildman–Crippen MR) is 55.7 cm³/mol. The number of amides is 1. The van der Waals surface area contributed by atoms with E-state index >= 15 is 0 Å². The normalized spacial score (nSPS) is 14.4. The number of rotatable bonds is 6. The van der Waals surface area contributed by atoms with E-state index in [2.05, 4.69) is 4.99 Å². The number of hydrogen-bond acceptors (Lipinski definition) is 3. The standard InChI is InChI=1S/C9H17N3O2/c1-8(6-13)5-12(2)4-3-9(10)11-7-14/h3-4,7-8,13H,5-6H2,1-2H3,(H2,10,11,14)/b4-3-/t8-/m0/s1. The Morgan fingerprint density at radius 2 is 2.36 bits per heavy atom. The first kappa shape index (κ1) is 12.6. The second-order valence-corrected chi connectivity index (χ2v) is 3.20. The third-order valence-electron chi connectivity index (χ3n) is 1.61. The first-order valence-corrected chi connectivity index (χ1v) is 4.36. The molecule has 0 rings (SSSR count). The molecule has 0 aromatic rings. The average Bonchev–Trinajstić information content (AvgIpc) is 2.15. The highest BCUT2D eigenvalue weighted by Crippen LogP contribution is 1.96. The Kier molecular flexibility index (Phi) is 6.39. The summed E-state index contributed by atoms with van der Waals surface area (Å²) in [5.74, 6) is 0.373. The van der Waals surface area contributed by atoms with Crippen LogP contribution >= 0.6 is 0 Å². The van der Waals surface area contributed by atoms with Crippen molar-refractivity contribution in [2.75, 3.05) is 20.2 Å². The minimum atomic E-state index is 0.149. The summed E-state index contributed by atoms with van der Waals surface area (Å²) in [5, 5.41) is 8.80. The van der Waals surface area contributed by atoms with Gasteiger partial charge in [-0.2, -0.15) is 4.99 Å². The van der Waals surface area contributed by atoms with Gasteiger partial charge in [-0.25, -0.2) is 0 Å². The van der Waals surface area contributed by atoms with E-state index in [1.165, 1.54) is 0 Å². The van der Waals surface area contributed by atoms with Gasteiger partial charge in [0, 0.05) is 26.4 Å². The molecular weight excluding hydrogens is 182 g/mol. The quantitative estimate of drug-likeness (QED) is 0.346. The van der Waals surface area contributed by atoms with Gasteiger partial charge in [-0.1, -0.05) is 6.92 Å². The van der Waals surface area contributed by atoms with Crippen LogP contribution in [-0.4, -0.2) is 42.5 Å². The fourth-order valence-corrected chi connectivity index (χ4v) is 0.918. The van der Waals surface area contributed by atoms with Crippen LogP contribution in [0.15, 0.2) is 17.3 Å². The summed E-state index contributed by atoms with van der Waals surface area (Å²) >= 11 is 0. The molecule has 0 aliphatic rings. The van der Waals surface area contributed by atoms with Crippen LogP contribution in [0, 0.1) is 5.92 Å². The minimum absolute atomic E-state index is 0.149. The number of nitrogens with zero attached hydrogens (tertiary/aromatic N) is 2. The highest BCUT2D eigenvalue weighted by molar-refractivity contribution is 5.95. The van der Waals surface area contributed by atoms with Crippen molar-refractivity contribution < 1.29 is 9.90 Å². The zero-order chi connectivity index (χ0) is 11.0. The summed E-state index contributed by atoms with van der Waals surface area (Å²) in [6, 6.07) is 0. The molecule has 0 bridgehead atoms. The highest BCUT2D eigenvalue weighted by Gasteiger charge is 2.00. The van der Waals surface area contributed by atoms with Crippen LogP contribution in [0.3, 0.4) is 0 Å². The van der Waals surface area contributed by atoms with Crippen molar-refractivity contribution in [2.45, 2.75) is 6.92 Å². The molecule has 5 nitrogen and oxygen atoms in total. The topological polar surface area (TPSA) is 78.9 Å². The molecule has 0 unspecified atom stereocenters. The lowest BCUT2D eigenvalue weighted by molar-refractivity contribution is -0.106. The largest absolute Gasteiger partial charge is 0.396 e. The van der Waals surface area contributed by atoms with Crippen LogP contribution in [0.1, 0.15) is 6.92 Å². The third-order valence-corrected chi connectivity index (χ3v) is 1.61. The molecule has 0 aliphatic heterocycles. The van der Waals surface area contributed by atoms with Gasteiger partial charge in [-0.15, -0.1) is 0 Å². The van der Waals surface area contributed by atoms with Crippen molar-refractivity contribution in [3.63, 3.8) is 0 Å². The Morgan fingerprint density at radius 1 is 1.71 bits per heavy atom. The van der Waals surface area contributed by atoms with Crippen molar-refractivity contribution in [2.24, 2.45) is 16.6 Å². The van der Waals surface area contributed by atoms with Gasteiger partial charge in [0.1, 0.15) is 5.84 Å². The van der Waals surface area contributed by atoms with Crippen LogP contribution < -0.4 is 5.73 Å². The molecule has 0 aliphatic carbocycles. The lowest BCUT2D eigenvalue weighted by Gasteiger charge is -2.17. The van der Waals surface area contributed by atoms with Crippen molar-refractivity contribution >= 4 is 12.2 Å². The van der Waals surface area contributed by atoms with Crippen LogP contribution in [0.5, 0.6) is 0 Å². The molecule has 0 saturated carbocycles. The van der Waals surface area contributed by atoms with Crippen molar-refractivity contribution in [3.05, 3.63) is 12.3 Å². The number of hydrogen-bond donors (Lipinski definition) is 2. The zero-order valence-electron chi connectivity index (χ0n) is 8.55. The smallest absolute Gasteiger partial charge is 0.234 e. The van der Waals surface area contributed by atoms with Gasteiger partial charge in [-0.05, 0) is 12.0 Å². The van der Waals surface area contributed by atoms with Crippen molar-refractivity contribution in [1.82, 2.24) is 4.90 Å². The van der Waals surface area contributed by atoms with E-state index in [9.17, 15) is 4.79 Å². The fraction of sp³-hybridized carbons (Fsp3) is 0.556. The number of aliphatic hydroxyl groups excluding tert-OH is 1. The van der Waals surface area contributed by atoms with Crippen molar-refractivity contribution in [1.29, 1.82) is 0 Å². The molecule has 5 heteroatoms. The molecule has 0 saturated heterocycles. The number of aliphatic hydroxyl groups is 1. The highest BCUT2D eigenvalue weighted by atomic mass is 16.3. The maximum Gasteiger partial charge on any atom is 0.234 e. The molecule has 0 heterocycles. The third kappa shape index (κ3) is 6.19. The van der Waals surface area contributed by atoms with E-state index < -0.39 is 0 Å². The van der Waals surface area contributed by atoms with Gasteiger partial charge >= 0.3 is 0 Å². The van der Waals surface area contributed by atoms with E-state index in [4.69, 9.17) is 10.8 Å². The zero-order valence-corrected chi connectivity index (χ0v) is 8.55. The molecule has 80 valence electrons. The van der Waals surface area contributed by atoms with E-state index in [-0.39, 0.29) is 18.4 Å². The van der Waals surface area contributed by atoms with Crippen molar-refractivity contribution in [3.8, 4) is 0 Å². The lowest BCUT2D eigenvalue weighted by Crippen LogP contribution is -2.22. The predicted octanol–water partition coefficient (Wildman–Crippen LogP) is -0.426. The number of aliphatic imine (C=N–C) groups is 1. The van der Waals surface area contributed by atoms with Gasteiger partial charge in [0.15, 0.2) is 0 Å². The van der Waals surface area contributed by atoms with Gasteiger partial charge in [-0.3, -0.25) is 4.79 Å². The van der Waals surface area contributed by atoms with E-state index in [0.29, 0.717) is 6.41 Å². The summed E-state index contributed by atoms with van der Waals surface area (Å²) < 4.78 is 0. The Labute approximate surface area is 83.9 Å². The Balaban J connectivity index is 3.98. The molecule has 0 radical (unpaired) electrons. The molecule has 0 spiro atoms. The maximum absolute atomic E-state index is 9.94. The summed E-state index contributed by atoms with van der Waals surface area (Å²) in [6.45, 7) is 2.81. The van der Waals surface area contributed by atoms with Gasteiger partial charge in [0.05, 0.1) is 0 Å². The Hall–Kier alpha value is -1.36. The number of nitrogens with two attached hydrogens (primary N) is 1. The number of carbonyl (C=O) groups is 1. The monoisotopic (exact) mass is 199 g/mol. The first-order chi connectivity index (χ1) is 6.60. The van der Waals surface area contributed by atoms with Crippen LogP contribution in [0.2, 0.25) is 0 Å². The van der Waals surface area contributed by atoms with E-state index in [1.807, 2.05) is 18.9 Å². The fourth-order valence-electron chi connectivity index (χ4n) is 0.918. The summed E-state index contributed by atoms with van der Waals surface area (Å²) in [6.07, 6.45) is 3.66. The average molecular weight is 199 g/mol. The minimum Gasteiger partial charge on any atom is -0.396 e. The molecule has 0 aromatic heterocycles. The number of amidine groups is 1. The first-order valence-electron chi connectivity index (χ1n) is 4.36. The molecule has 14 heavy (non-hydrogen) atoms. The lowest BCUT2D eigenvalue weighted by atomic mass is 10.2. The van der Waals surface area contributed by atoms with Gasteiger partial charge in [0.2, 0.25) is 6.41 Å². The van der Waals surface area contributed by atoms with Crippen LogP contribution in [0.25, 0.3) is 0 Å². The van der Waals surface area contributed by atoms with Crippen LogP contribution in [0.4, 0.5) is 0 Å². The second-order valence-electron chi connectivity index (χ2n) is 3.20. The SMILES string of the molecule is C[C@H](CO)CN(C)/C=C\C(N)=N/C=O. The summed E-state index contributed by atoms with van der Waals surface area (Å²) in [4.78, 5) is 15.2. The molecule has 3 N–H and O–H groups in total. The molecule has 1 atom stereocenters. The van der Waals surface area contributed by atoms with Crippen LogP contribution in [-0.2, 0) is 4.79 Å². The van der Waals surface area contributed by atoms with E-state index in [1.54, 1.807) is 12.3 Å². The van der Waals surface area contributed by atoms with E-state index in [0.717, 1.165) is 6.54 Å². The molecule has 0 aromatic carbocycles. The molecule has 1 amide bonds. The summed E-state index contributed by atoms with van der Waals surface area (Å²) in [5.41, 5.74) is 5.35. The Bertz CT molecular complexity index is 226. The second kappa shape index (κ2) is 7.08. The van der Waals surface area contributed by atoms with Gasteiger partial charge in [0.25, 0.3) is 0 Å². The Morgan fingerprint density at radius 3 is 2.86 bits per heavy atom. The maximum atomic E-state index is 9.94. The van der Waals surface area contributed by atoms with Gasteiger partial charge < -0.3 is 15.7 Å². The number of carbonyl (C=O) groups excluding carboxylic acids is 1. The molecular formula is C9H17N3O2. The molecule has 0 fully saturated rings. The summed E-state index contributed by atoms with van der Waals surface area (Å²) in [7, 11) is 1.86.